The van der Waals surface area contributed by atoms with Gasteiger partial charge < -0.3 is 20.9 Å². The second-order valence-electron chi connectivity index (χ2n) is 8.84. The third kappa shape index (κ3) is 7.45. The van der Waals surface area contributed by atoms with E-state index in [1.54, 1.807) is 0 Å². The van der Waals surface area contributed by atoms with E-state index in [4.69, 9.17) is 18.0 Å². The first kappa shape index (κ1) is 24.0. The first-order chi connectivity index (χ1) is 16.2. The SMILES string of the molecule is NC(=NC(=S)Nc1ccc(N2CCC(N3CCCCC3)CC2)cc1)SCC1=CC=CCC=C1. The molecule has 0 unspecified atom stereocenters. The molecule has 0 aromatic heterocycles. The van der Waals surface area contributed by atoms with Crippen molar-refractivity contribution in [2.24, 2.45) is 10.7 Å². The molecule has 0 saturated carbocycles. The number of likely N-dealkylation sites (tertiary alicyclic amines) is 1. The number of nitrogens with zero attached hydrogens (tertiary/aromatic N) is 3. The number of aliphatic imine (C=N–C) groups is 1. The smallest absolute Gasteiger partial charge is 0.199 e. The lowest BCUT2D eigenvalue weighted by molar-refractivity contribution is 0.141. The number of rotatable bonds is 5. The van der Waals surface area contributed by atoms with E-state index in [1.807, 2.05) is 0 Å². The van der Waals surface area contributed by atoms with Gasteiger partial charge in [0.15, 0.2) is 10.3 Å². The molecule has 2 heterocycles. The van der Waals surface area contributed by atoms with Crippen LogP contribution in [0.4, 0.5) is 11.4 Å². The van der Waals surface area contributed by atoms with Gasteiger partial charge in [-0.1, -0.05) is 48.6 Å². The van der Waals surface area contributed by atoms with E-state index in [9.17, 15) is 0 Å². The van der Waals surface area contributed by atoms with Crippen molar-refractivity contribution in [3.8, 4) is 0 Å². The number of hydrogen-bond acceptors (Lipinski definition) is 4. The monoisotopic (exact) mass is 481 g/mol. The summed E-state index contributed by atoms with van der Waals surface area (Å²) in [6, 6.07) is 9.26. The maximum Gasteiger partial charge on any atom is 0.199 e. The zero-order valence-corrected chi connectivity index (χ0v) is 20.9. The van der Waals surface area contributed by atoms with Gasteiger partial charge in [-0.05, 0) is 87.3 Å². The van der Waals surface area contributed by atoms with E-state index < -0.39 is 0 Å². The summed E-state index contributed by atoms with van der Waals surface area (Å²) in [5.74, 6) is 0.780. The van der Waals surface area contributed by atoms with Crippen LogP contribution in [0.15, 0.2) is 65.2 Å². The van der Waals surface area contributed by atoms with Crippen LogP contribution in [0.5, 0.6) is 0 Å². The Morgan fingerprint density at radius 2 is 1.82 bits per heavy atom. The second kappa shape index (κ2) is 12.4. The van der Waals surface area contributed by atoms with Gasteiger partial charge in [-0.25, -0.2) is 0 Å². The Kier molecular flexibility index (Phi) is 9.03. The number of allylic oxidation sites excluding steroid dienone is 5. The Morgan fingerprint density at radius 1 is 1.06 bits per heavy atom. The molecule has 3 N–H and O–H groups in total. The van der Waals surface area contributed by atoms with Crippen molar-refractivity contribution in [1.29, 1.82) is 0 Å². The molecule has 1 aromatic rings. The highest BCUT2D eigenvalue weighted by atomic mass is 32.2. The number of thiocarbonyl (C=S) groups is 1. The molecule has 0 spiro atoms. The number of nitrogens with two attached hydrogens (primary N) is 1. The summed E-state index contributed by atoms with van der Waals surface area (Å²) in [5.41, 5.74) is 9.52. The van der Waals surface area contributed by atoms with Crippen LogP contribution in [-0.4, -0.2) is 53.2 Å². The predicted molar refractivity (Wildman–Crippen MR) is 148 cm³/mol. The van der Waals surface area contributed by atoms with Gasteiger partial charge in [-0.3, -0.25) is 0 Å². The molecule has 0 bridgehead atoms. The van der Waals surface area contributed by atoms with Crippen LogP contribution in [-0.2, 0) is 0 Å². The zero-order valence-electron chi connectivity index (χ0n) is 19.3. The van der Waals surface area contributed by atoms with Crippen molar-refractivity contribution in [2.45, 2.75) is 44.6 Å². The molecule has 2 aliphatic heterocycles. The first-order valence-electron chi connectivity index (χ1n) is 12.1. The van der Waals surface area contributed by atoms with Crippen LogP contribution in [0.3, 0.4) is 0 Å². The molecule has 33 heavy (non-hydrogen) atoms. The van der Waals surface area contributed by atoms with Crippen LogP contribution in [0.2, 0.25) is 0 Å². The minimum absolute atomic E-state index is 0.389. The minimum atomic E-state index is 0.389. The highest BCUT2D eigenvalue weighted by Crippen LogP contribution is 2.26. The molecule has 7 heteroatoms. The maximum atomic E-state index is 6.08. The van der Waals surface area contributed by atoms with Gasteiger partial charge in [0.1, 0.15) is 0 Å². The number of nitrogens with one attached hydrogen (secondary N) is 1. The van der Waals surface area contributed by atoms with E-state index in [0.717, 1.165) is 37.0 Å². The number of benzene rings is 1. The molecule has 2 fully saturated rings. The fourth-order valence-electron chi connectivity index (χ4n) is 4.69. The summed E-state index contributed by atoms with van der Waals surface area (Å²) in [6.45, 7) is 4.85. The third-order valence-corrected chi connectivity index (χ3v) is 7.56. The van der Waals surface area contributed by atoms with Gasteiger partial charge >= 0.3 is 0 Å². The normalized spacial score (nSPS) is 20.4. The highest BCUT2D eigenvalue weighted by molar-refractivity contribution is 8.14. The van der Waals surface area contributed by atoms with Gasteiger partial charge in [0.05, 0.1) is 0 Å². The topological polar surface area (TPSA) is 56.9 Å². The number of piperidine rings is 2. The number of hydrogen-bond donors (Lipinski definition) is 2. The molecule has 2 saturated heterocycles. The minimum Gasteiger partial charge on any atom is -0.378 e. The summed E-state index contributed by atoms with van der Waals surface area (Å²) in [7, 11) is 0. The first-order valence-corrected chi connectivity index (χ1v) is 13.5. The molecule has 0 amide bonds. The lowest BCUT2D eigenvalue weighted by atomic mass is 9.99. The maximum absolute atomic E-state index is 6.08. The number of thioether (sulfide) groups is 1. The van der Waals surface area contributed by atoms with Crippen molar-refractivity contribution in [3.05, 3.63) is 60.2 Å². The van der Waals surface area contributed by atoms with Crippen LogP contribution in [0.25, 0.3) is 0 Å². The Labute approximate surface area is 207 Å². The fourth-order valence-corrected chi connectivity index (χ4v) is 5.63. The van der Waals surface area contributed by atoms with Crippen LogP contribution >= 0.6 is 24.0 Å². The summed E-state index contributed by atoms with van der Waals surface area (Å²) >= 11 is 6.89. The Hall–Kier alpha value is -2.09. The number of anilines is 2. The van der Waals surface area contributed by atoms with Crippen LogP contribution in [0.1, 0.15) is 38.5 Å². The van der Waals surface area contributed by atoms with Gasteiger partial charge in [0.25, 0.3) is 0 Å². The molecule has 0 radical (unpaired) electrons. The van der Waals surface area contributed by atoms with Crippen molar-refractivity contribution in [1.82, 2.24) is 4.90 Å². The molecule has 4 rings (SSSR count). The van der Waals surface area contributed by atoms with E-state index >= 15 is 0 Å². The van der Waals surface area contributed by atoms with Crippen molar-refractivity contribution in [3.63, 3.8) is 0 Å². The molecule has 3 aliphatic rings. The standard InChI is InChI=1S/C26H35N5S2/c27-25(33-20-21-8-4-1-2-5-9-21)29-26(32)28-22-10-12-23(13-11-22)31-18-14-24(15-19-31)30-16-6-3-7-17-30/h1,4-5,8-13,24H,2-3,6-7,14-20H2,(H3,27,28,29,32). The largest absolute Gasteiger partial charge is 0.378 e. The van der Waals surface area contributed by atoms with E-state index in [2.05, 4.69) is 74.8 Å². The molecular formula is C26H35N5S2. The highest BCUT2D eigenvalue weighted by Gasteiger charge is 2.25. The van der Waals surface area contributed by atoms with E-state index in [1.165, 1.54) is 68.2 Å². The van der Waals surface area contributed by atoms with Crippen LogP contribution in [0, 0.1) is 0 Å². The molecule has 1 aromatic carbocycles. The Morgan fingerprint density at radius 3 is 2.58 bits per heavy atom. The zero-order chi connectivity index (χ0) is 22.9. The van der Waals surface area contributed by atoms with Crippen molar-refractivity contribution < 1.29 is 0 Å². The molecule has 176 valence electrons. The van der Waals surface area contributed by atoms with Gasteiger partial charge in [0, 0.05) is 36.3 Å². The summed E-state index contributed by atoms with van der Waals surface area (Å²) < 4.78 is 0. The molecular weight excluding hydrogens is 446 g/mol. The molecule has 1 aliphatic carbocycles. The summed E-state index contributed by atoms with van der Waals surface area (Å²) in [4.78, 5) is 9.56. The van der Waals surface area contributed by atoms with Gasteiger partial charge in [-0.2, -0.15) is 4.99 Å². The lowest BCUT2D eigenvalue weighted by Gasteiger charge is -2.41. The van der Waals surface area contributed by atoms with Crippen LogP contribution < -0.4 is 16.0 Å². The predicted octanol–water partition coefficient (Wildman–Crippen LogP) is 5.33. The molecule has 0 atom stereocenters. The summed E-state index contributed by atoms with van der Waals surface area (Å²) in [6.07, 6.45) is 18.3. The van der Waals surface area contributed by atoms with E-state index in [-0.39, 0.29) is 0 Å². The average Bonchev–Trinajstić information content (AvgIpc) is 3.13. The van der Waals surface area contributed by atoms with Gasteiger partial charge in [0.2, 0.25) is 0 Å². The lowest BCUT2D eigenvalue weighted by Crippen LogP contribution is -2.46. The fraction of sp³-hybridized carbons (Fsp3) is 0.462. The van der Waals surface area contributed by atoms with E-state index in [0.29, 0.717) is 10.3 Å². The average molecular weight is 482 g/mol. The Balaban J connectivity index is 1.22. The van der Waals surface area contributed by atoms with Gasteiger partial charge in [-0.15, -0.1) is 0 Å². The molecule has 5 nitrogen and oxygen atoms in total. The second-order valence-corrected chi connectivity index (χ2v) is 10.2. The van der Waals surface area contributed by atoms with Crippen molar-refractivity contribution >= 4 is 45.6 Å². The van der Waals surface area contributed by atoms with Crippen molar-refractivity contribution in [2.75, 3.05) is 42.1 Å². The third-order valence-electron chi connectivity index (χ3n) is 6.50. The quantitative estimate of drug-likeness (QED) is 0.337. The Bertz CT molecular complexity index is 905. The summed E-state index contributed by atoms with van der Waals surface area (Å²) in [5, 5.41) is 4.05. The number of amidine groups is 1.